The lowest BCUT2D eigenvalue weighted by molar-refractivity contribution is -0.128. The predicted octanol–water partition coefficient (Wildman–Crippen LogP) is 3.17. The van der Waals surface area contributed by atoms with Crippen molar-refractivity contribution >= 4 is 11.7 Å². The molecule has 4 N–H and O–H groups in total. The molecule has 0 aliphatic carbocycles. The molecule has 7 heteroatoms. The van der Waals surface area contributed by atoms with E-state index in [0.717, 1.165) is 24.2 Å². The molecular weight excluding hydrogens is 466 g/mol. The van der Waals surface area contributed by atoms with Gasteiger partial charge in [0.25, 0.3) is 0 Å². The lowest BCUT2D eigenvalue weighted by atomic mass is 9.97. The largest absolute Gasteiger partial charge is 0.494 e. The van der Waals surface area contributed by atoms with Gasteiger partial charge in [-0.2, -0.15) is 0 Å². The van der Waals surface area contributed by atoms with Gasteiger partial charge in [0, 0.05) is 25.6 Å². The zero-order chi connectivity index (χ0) is 26.6. The number of hydrogen-bond donors (Lipinski definition) is 4. The molecule has 2 aliphatic heterocycles. The van der Waals surface area contributed by atoms with Crippen LogP contribution in [0.3, 0.4) is 0 Å². The molecule has 2 aromatic carbocycles. The van der Waals surface area contributed by atoms with E-state index in [4.69, 9.17) is 4.74 Å². The second kappa shape index (κ2) is 14.9. The van der Waals surface area contributed by atoms with E-state index in [9.17, 15) is 14.7 Å². The molecule has 2 aromatic rings. The monoisotopic (exact) mass is 509 g/mol. The van der Waals surface area contributed by atoms with E-state index in [-0.39, 0.29) is 30.2 Å². The van der Waals surface area contributed by atoms with E-state index < -0.39 is 12.1 Å². The molecule has 2 bridgehead atoms. The fraction of sp³-hybridized carbons (Fsp3) is 0.533. The first kappa shape index (κ1) is 28.8. The Morgan fingerprint density at radius 2 is 1.84 bits per heavy atom. The molecule has 2 aliphatic rings. The maximum Gasteiger partial charge on any atom is 0.220 e. The summed E-state index contributed by atoms with van der Waals surface area (Å²) >= 11 is 0. The molecule has 7 nitrogen and oxygen atoms in total. The average molecular weight is 510 g/mol. The lowest BCUT2D eigenvalue weighted by Crippen LogP contribution is -2.52. The Morgan fingerprint density at radius 3 is 2.57 bits per heavy atom. The van der Waals surface area contributed by atoms with Crippen molar-refractivity contribution in [2.75, 3.05) is 19.7 Å². The second-order valence-corrected chi connectivity index (χ2v) is 10.3. The molecule has 1 amide bonds. The van der Waals surface area contributed by atoms with Crippen LogP contribution in [0.15, 0.2) is 48.5 Å². The lowest BCUT2D eigenvalue weighted by Gasteiger charge is -2.27. The van der Waals surface area contributed by atoms with Crippen LogP contribution in [0.4, 0.5) is 0 Å². The van der Waals surface area contributed by atoms with Crippen molar-refractivity contribution in [1.82, 2.24) is 16.0 Å². The number of fused-ring (bicyclic) bond motifs is 14. The van der Waals surface area contributed by atoms with E-state index in [1.54, 1.807) is 0 Å². The van der Waals surface area contributed by atoms with Crippen molar-refractivity contribution in [3.05, 3.63) is 65.2 Å². The van der Waals surface area contributed by atoms with Crippen LogP contribution in [0, 0.1) is 5.92 Å². The van der Waals surface area contributed by atoms with Gasteiger partial charge in [0.2, 0.25) is 5.91 Å². The number of amides is 1. The summed E-state index contributed by atoms with van der Waals surface area (Å²) in [6.07, 6.45) is 2.65. The molecule has 0 fully saturated rings. The van der Waals surface area contributed by atoms with Crippen molar-refractivity contribution in [3.63, 3.8) is 0 Å². The summed E-state index contributed by atoms with van der Waals surface area (Å²) in [5, 5.41) is 20.7. The molecular formula is C30H43N3O4. The molecule has 37 heavy (non-hydrogen) atoms. The third-order valence-electron chi connectivity index (χ3n) is 6.86. The highest BCUT2D eigenvalue weighted by Crippen LogP contribution is 2.16. The van der Waals surface area contributed by atoms with E-state index in [1.807, 2.05) is 38.1 Å². The number of carbonyl (C=O) groups is 2. The van der Waals surface area contributed by atoms with E-state index >= 15 is 0 Å². The van der Waals surface area contributed by atoms with Crippen molar-refractivity contribution in [1.29, 1.82) is 0 Å². The quantitative estimate of drug-likeness (QED) is 0.458. The highest BCUT2D eigenvalue weighted by atomic mass is 16.5. The number of aryl methyl sites for hydroxylation is 1. The van der Waals surface area contributed by atoms with E-state index in [2.05, 4.69) is 47.1 Å². The molecule has 2 heterocycles. The number of ketones is 1. The fourth-order valence-corrected chi connectivity index (χ4v) is 4.57. The van der Waals surface area contributed by atoms with Gasteiger partial charge < -0.3 is 25.8 Å². The van der Waals surface area contributed by atoms with Gasteiger partial charge in [-0.1, -0.05) is 57.2 Å². The normalized spacial score (nSPS) is 20.8. The Bertz CT molecular complexity index is 993. The van der Waals surface area contributed by atoms with Crippen LogP contribution in [0.1, 0.15) is 56.7 Å². The summed E-state index contributed by atoms with van der Waals surface area (Å²) in [6, 6.07) is 15.4. The summed E-state index contributed by atoms with van der Waals surface area (Å²) in [5.74, 6) is 0.564. The van der Waals surface area contributed by atoms with Gasteiger partial charge in [-0.05, 0) is 60.4 Å². The SMILES string of the molecule is CCc1cccc(CNC[C@@H](O)C2Cc3ccc(cc3)OCCCCC(=O)NC(C(C)C)C(=O)CN2)c1. The Hall–Kier alpha value is -2.74. The molecule has 4 rings (SSSR count). The maximum atomic E-state index is 13.1. The van der Waals surface area contributed by atoms with Gasteiger partial charge in [0.1, 0.15) is 5.75 Å². The van der Waals surface area contributed by atoms with Gasteiger partial charge in [0.05, 0.1) is 25.3 Å². The number of nitrogens with one attached hydrogen (secondary N) is 3. The predicted molar refractivity (Wildman–Crippen MR) is 147 cm³/mol. The first-order valence-electron chi connectivity index (χ1n) is 13.6. The summed E-state index contributed by atoms with van der Waals surface area (Å²) in [5.41, 5.74) is 3.51. The van der Waals surface area contributed by atoms with Crippen molar-refractivity contribution < 1.29 is 19.4 Å². The summed E-state index contributed by atoms with van der Waals surface area (Å²) in [7, 11) is 0. The molecule has 0 radical (unpaired) electrons. The fourth-order valence-electron chi connectivity index (χ4n) is 4.57. The number of Topliss-reactive ketones (excluding diaryl/α,β-unsaturated/α-hetero) is 1. The zero-order valence-corrected chi connectivity index (χ0v) is 22.5. The van der Waals surface area contributed by atoms with E-state index in [0.29, 0.717) is 39.0 Å². The summed E-state index contributed by atoms with van der Waals surface area (Å²) in [6.45, 7) is 7.65. The first-order chi connectivity index (χ1) is 17.9. The first-order valence-corrected chi connectivity index (χ1v) is 13.6. The number of hydrogen-bond acceptors (Lipinski definition) is 6. The smallest absolute Gasteiger partial charge is 0.220 e. The van der Waals surface area contributed by atoms with Crippen LogP contribution in [0.2, 0.25) is 0 Å². The molecule has 0 aromatic heterocycles. The third-order valence-corrected chi connectivity index (χ3v) is 6.86. The second-order valence-electron chi connectivity index (χ2n) is 10.3. The highest BCUT2D eigenvalue weighted by Gasteiger charge is 2.26. The Morgan fingerprint density at radius 1 is 1.08 bits per heavy atom. The molecule has 0 saturated heterocycles. The minimum atomic E-state index is -0.716. The van der Waals surface area contributed by atoms with Crippen LogP contribution in [-0.4, -0.2) is 54.7 Å². The average Bonchev–Trinajstić information content (AvgIpc) is 2.89. The topological polar surface area (TPSA) is 99.7 Å². The van der Waals surface area contributed by atoms with Gasteiger partial charge in [-0.25, -0.2) is 0 Å². The molecule has 2 unspecified atom stereocenters. The van der Waals surface area contributed by atoms with Gasteiger partial charge >= 0.3 is 0 Å². The highest BCUT2D eigenvalue weighted by molar-refractivity contribution is 5.90. The molecule has 202 valence electrons. The number of ether oxygens (including phenoxy) is 1. The minimum Gasteiger partial charge on any atom is -0.494 e. The molecule has 0 spiro atoms. The van der Waals surface area contributed by atoms with Crippen LogP contribution in [0.25, 0.3) is 0 Å². The van der Waals surface area contributed by atoms with Gasteiger partial charge in [-0.15, -0.1) is 0 Å². The molecule has 3 atom stereocenters. The maximum absolute atomic E-state index is 13.1. The standard InChI is InChI=1S/C30H43N3O4/c1-4-22-8-7-9-24(16-22)18-31-19-27(34)26-17-23-11-13-25(14-12-23)37-15-6-5-10-29(36)33-30(21(2)3)28(35)20-32-26/h7-9,11-14,16,21,26-27,30-32,34H,4-6,10,15,17-20H2,1-3H3,(H,33,36)/t26?,27-,30?/m1/s1. The van der Waals surface area contributed by atoms with Crippen molar-refractivity contribution in [3.8, 4) is 5.75 Å². The number of benzene rings is 2. The Kier molecular flexibility index (Phi) is 11.6. The minimum absolute atomic E-state index is 0.0279. The number of rotatable bonds is 7. The Balaban J connectivity index is 1.70. The van der Waals surface area contributed by atoms with Crippen molar-refractivity contribution in [2.45, 2.75) is 77.6 Å². The summed E-state index contributed by atoms with van der Waals surface area (Å²) in [4.78, 5) is 25.6. The summed E-state index contributed by atoms with van der Waals surface area (Å²) < 4.78 is 5.82. The van der Waals surface area contributed by atoms with Crippen molar-refractivity contribution in [2.24, 2.45) is 5.92 Å². The van der Waals surface area contributed by atoms with Crippen LogP contribution < -0.4 is 20.7 Å². The molecule has 0 saturated carbocycles. The number of aliphatic hydroxyl groups excluding tert-OH is 1. The van der Waals surface area contributed by atoms with Gasteiger partial charge in [0.15, 0.2) is 5.78 Å². The van der Waals surface area contributed by atoms with Crippen LogP contribution in [-0.2, 0) is 29.0 Å². The number of aliphatic hydroxyl groups is 1. The van der Waals surface area contributed by atoms with E-state index in [1.165, 1.54) is 11.1 Å². The number of carbonyl (C=O) groups excluding carboxylic acids is 2. The third kappa shape index (κ3) is 9.58. The zero-order valence-electron chi connectivity index (χ0n) is 22.5. The van der Waals surface area contributed by atoms with Crippen LogP contribution in [0.5, 0.6) is 5.75 Å². The van der Waals surface area contributed by atoms with Gasteiger partial charge in [-0.3, -0.25) is 9.59 Å². The Labute approximate surface area is 221 Å². The van der Waals surface area contributed by atoms with Crippen LogP contribution >= 0.6 is 0 Å².